The maximum absolute atomic E-state index is 12.7. The number of nitrogens with one attached hydrogen (secondary N) is 1. The molecule has 0 aromatic heterocycles. The second-order valence-corrected chi connectivity index (χ2v) is 6.39. The first-order chi connectivity index (χ1) is 12.3. The van der Waals surface area contributed by atoms with Gasteiger partial charge in [-0.1, -0.05) is 17.7 Å². The molecule has 1 fully saturated rings. The molecule has 2 aromatic carbocycles. The highest BCUT2D eigenvalue weighted by atomic mass is 35.5. The van der Waals surface area contributed by atoms with Gasteiger partial charge in [-0.3, -0.25) is 15.0 Å². The molecule has 0 radical (unpaired) electrons. The van der Waals surface area contributed by atoms with Gasteiger partial charge in [-0.25, -0.2) is 5.01 Å². The van der Waals surface area contributed by atoms with Gasteiger partial charge in [-0.15, -0.1) is 0 Å². The molecule has 7 heteroatoms. The average molecular weight is 373 g/mol. The number of hydrazine groups is 1. The SMILES string of the molecule is COc1cc(Cl)cc(C=C2C(=O)NN(c3ccc(C)c(C)c3)C2=O)c1O. The smallest absolute Gasteiger partial charge is 0.282 e. The lowest BCUT2D eigenvalue weighted by Gasteiger charge is -2.16. The van der Waals surface area contributed by atoms with Crippen LogP contribution >= 0.6 is 11.6 Å². The second kappa shape index (κ2) is 6.72. The van der Waals surface area contributed by atoms with Gasteiger partial charge >= 0.3 is 0 Å². The molecule has 26 heavy (non-hydrogen) atoms. The summed E-state index contributed by atoms with van der Waals surface area (Å²) in [5.41, 5.74) is 5.28. The Morgan fingerprint density at radius 2 is 1.88 bits per heavy atom. The fraction of sp³-hybridized carbons (Fsp3) is 0.158. The Morgan fingerprint density at radius 1 is 1.15 bits per heavy atom. The standard InChI is InChI=1S/C19H17ClN2O4/c1-10-4-5-14(6-11(10)2)22-19(25)15(18(24)21-22)8-12-7-13(20)9-16(26-3)17(12)23/h4-9,23H,1-3H3,(H,21,24). The summed E-state index contributed by atoms with van der Waals surface area (Å²) in [6, 6.07) is 8.33. The molecule has 0 aliphatic carbocycles. The number of nitrogens with zero attached hydrogens (tertiary/aromatic N) is 1. The summed E-state index contributed by atoms with van der Waals surface area (Å²) in [6.07, 6.45) is 1.29. The lowest BCUT2D eigenvalue weighted by molar-refractivity contribution is -0.117. The van der Waals surface area contributed by atoms with E-state index in [1.165, 1.54) is 30.3 Å². The summed E-state index contributed by atoms with van der Waals surface area (Å²) in [4.78, 5) is 25.0. The molecule has 0 unspecified atom stereocenters. The quantitative estimate of drug-likeness (QED) is 0.641. The third-order valence-corrected chi connectivity index (χ3v) is 4.45. The number of amides is 2. The number of phenols is 1. The highest BCUT2D eigenvalue weighted by Crippen LogP contribution is 2.35. The van der Waals surface area contributed by atoms with Crippen LogP contribution in [0.1, 0.15) is 16.7 Å². The number of carbonyl (C=O) groups excluding carboxylic acids is 2. The number of benzene rings is 2. The first-order valence-corrected chi connectivity index (χ1v) is 8.20. The number of carbonyl (C=O) groups is 2. The number of methoxy groups -OCH3 is 1. The van der Waals surface area contributed by atoms with Crippen LogP contribution in [0.2, 0.25) is 5.02 Å². The van der Waals surface area contributed by atoms with E-state index in [1.807, 2.05) is 26.0 Å². The lowest BCUT2D eigenvalue weighted by atomic mass is 10.1. The van der Waals surface area contributed by atoms with Crippen LogP contribution in [0.25, 0.3) is 6.08 Å². The summed E-state index contributed by atoms with van der Waals surface area (Å²) in [5, 5.41) is 11.7. The molecule has 1 heterocycles. The zero-order valence-corrected chi connectivity index (χ0v) is 15.2. The molecule has 1 aliphatic rings. The number of halogens is 1. The van der Waals surface area contributed by atoms with E-state index < -0.39 is 11.8 Å². The predicted octanol–water partition coefficient (Wildman–Crippen LogP) is 3.13. The Morgan fingerprint density at radius 3 is 2.54 bits per heavy atom. The van der Waals surface area contributed by atoms with Crippen LogP contribution in [-0.4, -0.2) is 24.0 Å². The number of aryl methyl sites for hydroxylation is 2. The third-order valence-electron chi connectivity index (χ3n) is 4.23. The molecule has 6 nitrogen and oxygen atoms in total. The highest BCUT2D eigenvalue weighted by Gasteiger charge is 2.34. The minimum atomic E-state index is -0.563. The van der Waals surface area contributed by atoms with Crippen LogP contribution in [0.4, 0.5) is 5.69 Å². The van der Waals surface area contributed by atoms with E-state index in [2.05, 4.69) is 5.43 Å². The van der Waals surface area contributed by atoms with E-state index >= 15 is 0 Å². The lowest BCUT2D eigenvalue weighted by Crippen LogP contribution is -2.35. The van der Waals surface area contributed by atoms with E-state index in [-0.39, 0.29) is 22.6 Å². The van der Waals surface area contributed by atoms with Crippen LogP contribution in [0.15, 0.2) is 35.9 Å². The topological polar surface area (TPSA) is 78.9 Å². The molecule has 1 saturated heterocycles. The van der Waals surface area contributed by atoms with Crippen molar-refractivity contribution in [3.63, 3.8) is 0 Å². The summed E-state index contributed by atoms with van der Waals surface area (Å²) in [6.45, 7) is 3.89. The molecule has 0 bridgehead atoms. The number of ether oxygens (including phenoxy) is 1. The predicted molar refractivity (Wildman–Crippen MR) is 99.2 cm³/mol. The van der Waals surface area contributed by atoms with Crippen molar-refractivity contribution in [2.75, 3.05) is 12.1 Å². The maximum Gasteiger partial charge on any atom is 0.282 e. The molecule has 0 saturated carbocycles. The van der Waals surface area contributed by atoms with Crippen molar-refractivity contribution in [3.05, 3.63) is 57.6 Å². The average Bonchev–Trinajstić information content (AvgIpc) is 2.88. The Kier molecular flexibility index (Phi) is 4.61. The number of rotatable bonds is 3. The highest BCUT2D eigenvalue weighted by molar-refractivity contribution is 6.32. The maximum atomic E-state index is 12.7. The Bertz CT molecular complexity index is 953. The normalized spacial score (nSPS) is 15.5. The van der Waals surface area contributed by atoms with Gasteiger partial charge in [-0.05, 0) is 49.2 Å². The zero-order valence-electron chi connectivity index (χ0n) is 14.5. The third kappa shape index (κ3) is 3.11. The van der Waals surface area contributed by atoms with Gasteiger partial charge in [0.1, 0.15) is 5.57 Å². The van der Waals surface area contributed by atoms with Gasteiger partial charge in [0.15, 0.2) is 11.5 Å². The van der Waals surface area contributed by atoms with Gasteiger partial charge < -0.3 is 9.84 Å². The van der Waals surface area contributed by atoms with Crippen molar-refractivity contribution >= 4 is 35.2 Å². The number of hydrogen-bond acceptors (Lipinski definition) is 4. The fourth-order valence-corrected chi connectivity index (χ4v) is 2.84. The molecule has 0 spiro atoms. The zero-order chi connectivity index (χ0) is 19.0. The Balaban J connectivity index is 2.01. The molecule has 2 N–H and O–H groups in total. The summed E-state index contributed by atoms with van der Waals surface area (Å²) in [7, 11) is 1.39. The molecule has 2 aromatic rings. The molecule has 0 atom stereocenters. The van der Waals surface area contributed by atoms with Crippen LogP contribution in [0.5, 0.6) is 11.5 Å². The van der Waals surface area contributed by atoms with Crippen molar-refractivity contribution < 1.29 is 19.4 Å². The van der Waals surface area contributed by atoms with Gasteiger partial charge in [-0.2, -0.15) is 0 Å². The monoisotopic (exact) mass is 372 g/mol. The molecular formula is C19H17ClN2O4. The van der Waals surface area contributed by atoms with Gasteiger partial charge in [0.25, 0.3) is 11.8 Å². The molecular weight excluding hydrogens is 356 g/mol. The number of phenolic OH excluding ortho intramolecular Hbond substituents is 1. The first kappa shape index (κ1) is 17.8. The Hall–Kier alpha value is -2.99. The Labute approximate surface area is 155 Å². The van der Waals surface area contributed by atoms with E-state index in [0.717, 1.165) is 11.1 Å². The summed E-state index contributed by atoms with van der Waals surface area (Å²) < 4.78 is 5.04. The van der Waals surface area contributed by atoms with Crippen LogP contribution in [0.3, 0.4) is 0 Å². The molecule has 1 aliphatic heterocycles. The summed E-state index contributed by atoms with van der Waals surface area (Å²) in [5.74, 6) is -1.13. The molecule has 2 amide bonds. The van der Waals surface area contributed by atoms with Crippen molar-refractivity contribution in [3.8, 4) is 11.5 Å². The second-order valence-electron chi connectivity index (χ2n) is 5.95. The molecule has 134 valence electrons. The largest absolute Gasteiger partial charge is 0.504 e. The van der Waals surface area contributed by atoms with Gasteiger partial charge in [0.2, 0.25) is 0 Å². The first-order valence-electron chi connectivity index (χ1n) is 7.82. The van der Waals surface area contributed by atoms with E-state index in [1.54, 1.807) is 6.07 Å². The van der Waals surface area contributed by atoms with Crippen LogP contribution in [-0.2, 0) is 9.59 Å². The van der Waals surface area contributed by atoms with E-state index in [9.17, 15) is 14.7 Å². The minimum absolute atomic E-state index is 0.108. The van der Waals surface area contributed by atoms with Crippen LogP contribution < -0.4 is 15.2 Å². The van der Waals surface area contributed by atoms with Gasteiger partial charge in [0.05, 0.1) is 12.8 Å². The van der Waals surface area contributed by atoms with Crippen molar-refractivity contribution in [2.24, 2.45) is 0 Å². The van der Waals surface area contributed by atoms with Gasteiger partial charge in [0, 0.05) is 16.7 Å². The number of anilines is 1. The van der Waals surface area contributed by atoms with Crippen molar-refractivity contribution in [1.82, 2.24) is 5.43 Å². The number of aromatic hydroxyl groups is 1. The van der Waals surface area contributed by atoms with Crippen LogP contribution in [0, 0.1) is 13.8 Å². The molecule has 3 rings (SSSR count). The van der Waals surface area contributed by atoms with Crippen molar-refractivity contribution in [1.29, 1.82) is 0 Å². The van der Waals surface area contributed by atoms with E-state index in [0.29, 0.717) is 10.7 Å². The summed E-state index contributed by atoms with van der Waals surface area (Å²) >= 11 is 6.00. The van der Waals surface area contributed by atoms with Crippen molar-refractivity contribution in [2.45, 2.75) is 13.8 Å². The minimum Gasteiger partial charge on any atom is -0.504 e. The fourth-order valence-electron chi connectivity index (χ4n) is 2.62. The number of hydrogen-bond donors (Lipinski definition) is 2. The van der Waals surface area contributed by atoms with E-state index in [4.69, 9.17) is 16.3 Å².